The van der Waals surface area contributed by atoms with E-state index in [-0.39, 0.29) is 0 Å². The highest BCUT2D eigenvalue weighted by Gasteiger charge is 2.17. The lowest BCUT2D eigenvalue weighted by Crippen LogP contribution is -2.18. The molecule has 3 nitrogen and oxygen atoms in total. The number of halogens is 2. The van der Waals surface area contributed by atoms with Crippen LogP contribution in [0.2, 0.25) is 5.02 Å². The fourth-order valence-corrected chi connectivity index (χ4v) is 2.75. The van der Waals surface area contributed by atoms with Gasteiger partial charge in [0, 0.05) is 6.04 Å². The van der Waals surface area contributed by atoms with Crippen molar-refractivity contribution in [1.82, 2.24) is 14.5 Å². The molecule has 1 unspecified atom stereocenters. The van der Waals surface area contributed by atoms with Gasteiger partial charge in [0.05, 0.1) is 21.9 Å². The second-order valence-electron chi connectivity index (χ2n) is 5.08. The first-order valence-electron chi connectivity index (χ1n) is 6.40. The topological polar surface area (TPSA) is 21.1 Å². The second kappa shape index (κ2) is 6.12. The summed E-state index contributed by atoms with van der Waals surface area (Å²) in [7, 11) is 4.16. The third kappa shape index (κ3) is 3.04. The smallest absolute Gasteiger partial charge is 0.125 e. The van der Waals surface area contributed by atoms with E-state index in [4.69, 9.17) is 23.2 Å². The molecule has 0 radical (unpaired) electrons. The molecule has 0 aliphatic carbocycles. The summed E-state index contributed by atoms with van der Waals surface area (Å²) >= 11 is 12.4. The van der Waals surface area contributed by atoms with E-state index in [2.05, 4.69) is 35.5 Å². The van der Waals surface area contributed by atoms with E-state index in [9.17, 15) is 0 Å². The Morgan fingerprint density at radius 2 is 2.11 bits per heavy atom. The quantitative estimate of drug-likeness (QED) is 0.780. The number of nitrogens with zero attached hydrogens (tertiary/aromatic N) is 3. The number of rotatable bonds is 5. The Labute approximate surface area is 124 Å². The summed E-state index contributed by atoms with van der Waals surface area (Å²) in [5.41, 5.74) is 1.91. The molecule has 0 bridgehead atoms. The van der Waals surface area contributed by atoms with E-state index >= 15 is 0 Å². The van der Waals surface area contributed by atoms with E-state index in [1.807, 2.05) is 18.2 Å². The van der Waals surface area contributed by atoms with Gasteiger partial charge >= 0.3 is 0 Å². The van der Waals surface area contributed by atoms with Crippen LogP contribution >= 0.6 is 23.2 Å². The molecular weight excluding hydrogens is 281 g/mol. The molecule has 1 aromatic carbocycles. The van der Waals surface area contributed by atoms with Crippen LogP contribution in [0.5, 0.6) is 0 Å². The number of para-hydroxylation sites is 1. The molecule has 1 aromatic heterocycles. The number of hydrogen-bond acceptors (Lipinski definition) is 2. The highest BCUT2D eigenvalue weighted by molar-refractivity contribution is 6.35. The largest absolute Gasteiger partial charge is 0.323 e. The summed E-state index contributed by atoms with van der Waals surface area (Å²) in [5, 5.41) is 0.734. The van der Waals surface area contributed by atoms with Crippen molar-refractivity contribution in [2.75, 3.05) is 20.6 Å². The van der Waals surface area contributed by atoms with Crippen LogP contribution < -0.4 is 0 Å². The molecule has 104 valence electrons. The van der Waals surface area contributed by atoms with Crippen molar-refractivity contribution in [3.05, 3.63) is 29.0 Å². The molecular formula is C14H19Cl2N3. The van der Waals surface area contributed by atoms with E-state index in [1.165, 1.54) is 0 Å². The minimum absolute atomic E-state index is 0.320. The number of fused-ring (bicyclic) bond motifs is 1. The lowest BCUT2D eigenvalue weighted by molar-refractivity contribution is 0.358. The molecule has 1 heterocycles. The zero-order valence-electron chi connectivity index (χ0n) is 11.5. The van der Waals surface area contributed by atoms with E-state index < -0.39 is 0 Å². The van der Waals surface area contributed by atoms with Crippen molar-refractivity contribution in [2.45, 2.75) is 25.3 Å². The zero-order valence-corrected chi connectivity index (χ0v) is 13.0. The van der Waals surface area contributed by atoms with Gasteiger partial charge in [-0.2, -0.15) is 0 Å². The molecule has 0 saturated heterocycles. The van der Waals surface area contributed by atoms with Crippen molar-refractivity contribution in [3.63, 3.8) is 0 Å². The first-order valence-corrected chi connectivity index (χ1v) is 7.32. The highest BCUT2D eigenvalue weighted by Crippen LogP contribution is 2.29. The van der Waals surface area contributed by atoms with Gasteiger partial charge in [0.2, 0.25) is 0 Å². The predicted molar refractivity (Wildman–Crippen MR) is 82.2 cm³/mol. The summed E-state index contributed by atoms with van der Waals surface area (Å²) in [6.07, 6.45) is 1.04. The molecule has 0 fully saturated rings. The average Bonchev–Trinajstić information content (AvgIpc) is 2.75. The fraction of sp³-hybridized carbons (Fsp3) is 0.500. The summed E-state index contributed by atoms with van der Waals surface area (Å²) < 4.78 is 2.17. The molecule has 0 spiro atoms. The standard InChI is InChI=1S/C14H19Cl2N3/c1-10(7-8-18(2)3)19-13(9-15)17-12-6-4-5-11(16)14(12)19/h4-6,10H,7-9H2,1-3H3. The molecule has 1 atom stereocenters. The monoisotopic (exact) mass is 299 g/mol. The first kappa shape index (κ1) is 14.6. The van der Waals surface area contributed by atoms with Gasteiger partial charge in [0.15, 0.2) is 0 Å². The van der Waals surface area contributed by atoms with Gasteiger partial charge in [-0.1, -0.05) is 17.7 Å². The predicted octanol–water partition coefficient (Wildman–Crippen LogP) is 3.94. The Balaban J connectivity index is 2.44. The van der Waals surface area contributed by atoms with Crippen LogP contribution in [0.4, 0.5) is 0 Å². The third-order valence-electron chi connectivity index (χ3n) is 3.29. The Hall–Kier alpha value is -0.770. The van der Waals surface area contributed by atoms with Gasteiger partial charge in [-0.05, 0) is 46.1 Å². The van der Waals surface area contributed by atoms with Crippen LogP contribution in [0, 0.1) is 0 Å². The van der Waals surface area contributed by atoms with Crippen molar-refractivity contribution < 1.29 is 0 Å². The zero-order chi connectivity index (χ0) is 14.0. The maximum absolute atomic E-state index is 6.32. The molecule has 2 aromatic rings. The maximum atomic E-state index is 6.32. The van der Waals surface area contributed by atoms with Crippen LogP contribution in [-0.4, -0.2) is 35.1 Å². The molecule has 5 heteroatoms. The number of alkyl halides is 1. The third-order valence-corrected chi connectivity index (χ3v) is 3.83. The van der Waals surface area contributed by atoms with Gasteiger partial charge in [0.1, 0.15) is 5.82 Å². The normalized spacial score (nSPS) is 13.4. The molecule has 0 aliphatic heterocycles. The van der Waals surface area contributed by atoms with Crippen LogP contribution in [0.3, 0.4) is 0 Å². The molecule has 0 N–H and O–H groups in total. The van der Waals surface area contributed by atoms with Gasteiger partial charge in [-0.15, -0.1) is 11.6 Å². The van der Waals surface area contributed by atoms with Crippen LogP contribution in [-0.2, 0) is 5.88 Å². The lowest BCUT2D eigenvalue weighted by atomic mass is 10.2. The van der Waals surface area contributed by atoms with Crippen molar-refractivity contribution >= 4 is 34.2 Å². The van der Waals surface area contributed by atoms with E-state index in [0.717, 1.165) is 34.8 Å². The van der Waals surface area contributed by atoms with Crippen LogP contribution in [0.1, 0.15) is 25.2 Å². The Kier molecular flexibility index (Phi) is 4.71. The van der Waals surface area contributed by atoms with Gasteiger partial charge < -0.3 is 9.47 Å². The molecule has 0 amide bonds. The number of hydrogen-bond donors (Lipinski definition) is 0. The first-order chi connectivity index (χ1) is 9.04. The second-order valence-corrected chi connectivity index (χ2v) is 5.75. The van der Waals surface area contributed by atoms with Crippen LogP contribution in [0.25, 0.3) is 11.0 Å². The fourth-order valence-electron chi connectivity index (χ4n) is 2.30. The number of imidazole rings is 1. The Bertz CT molecular complexity index is 563. The minimum atomic E-state index is 0.320. The highest BCUT2D eigenvalue weighted by atomic mass is 35.5. The van der Waals surface area contributed by atoms with Gasteiger partial charge in [-0.3, -0.25) is 0 Å². The SMILES string of the molecule is CC(CCN(C)C)n1c(CCl)nc2cccc(Cl)c21. The average molecular weight is 300 g/mol. The summed E-state index contributed by atoms with van der Waals surface area (Å²) in [5.74, 6) is 1.29. The van der Waals surface area contributed by atoms with Crippen molar-refractivity contribution in [2.24, 2.45) is 0 Å². The number of aromatic nitrogens is 2. The molecule has 0 saturated carbocycles. The Morgan fingerprint density at radius 3 is 2.74 bits per heavy atom. The van der Waals surface area contributed by atoms with E-state index in [0.29, 0.717) is 11.9 Å². The number of benzene rings is 1. The lowest BCUT2D eigenvalue weighted by Gasteiger charge is -2.19. The van der Waals surface area contributed by atoms with Gasteiger partial charge in [0.25, 0.3) is 0 Å². The van der Waals surface area contributed by atoms with Crippen molar-refractivity contribution in [1.29, 1.82) is 0 Å². The molecule has 0 aliphatic rings. The molecule has 2 rings (SSSR count). The molecule has 19 heavy (non-hydrogen) atoms. The Morgan fingerprint density at radius 1 is 1.37 bits per heavy atom. The summed E-state index contributed by atoms with van der Waals surface area (Å²) in [6, 6.07) is 6.12. The maximum Gasteiger partial charge on any atom is 0.125 e. The summed E-state index contributed by atoms with van der Waals surface area (Å²) in [6.45, 7) is 3.21. The minimum Gasteiger partial charge on any atom is -0.323 e. The summed E-state index contributed by atoms with van der Waals surface area (Å²) in [4.78, 5) is 6.75. The van der Waals surface area contributed by atoms with Gasteiger partial charge in [-0.25, -0.2) is 4.98 Å². The van der Waals surface area contributed by atoms with Crippen molar-refractivity contribution in [3.8, 4) is 0 Å². The van der Waals surface area contributed by atoms with E-state index in [1.54, 1.807) is 0 Å². The van der Waals surface area contributed by atoms with Crippen LogP contribution in [0.15, 0.2) is 18.2 Å².